The molecule has 1 amide bonds. The van der Waals surface area contributed by atoms with Crippen LogP contribution >= 0.6 is 11.3 Å². The van der Waals surface area contributed by atoms with E-state index in [1.165, 1.54) is 5.56 Å². The molecule has 24 heavy (non-hydrogen) atoms. The highest BCUT2D eigenvalue weighted by molar-refractivity contribution is 7.07. The molecule has 0 bridgehead atoms. The molecule has 0 aromatic carbocycles. The summed E-state index contributed by atoms with van der Waals surface area (Å²) in [6.07, 6.45) is 2.34. The third kappa shape index (κ3) is 4.03. The fourth-order valence-corrected chi connectivity index (χ4v) is 3.69. The summed E-state index contributed by atoms with van der Waals surface area (Å²) in [6.45, 7) is 6.12. The number of amides is 1. The van der Waals surface area contributed by atoms with Crippen molar-refractivity contribution in [2.75, 3.05) is 26.8 Å². The van der Waals surface area contributed by atoms with Crippen LogP contribution in [0.25, 0.3) is 0 Å². The van der Waals surface area contributed by atoms with Crippen LogP contribution in [0.4, 0.5) is 0 Å². The van der Waals surface area contributed by atoms with E-state index in [0.29, 0.717) is 19.6 Å². The summed E-state index contributed by atoms with van der Waals surface area (Å²) in [7, 11) is 1.62. The predicted molar refractivity (Wildman–Crippen MR) is 94.0 cm³/mol. The van der Waals surface area contributed by atoms with Crippen LogP contribution in [0.5, 0.6) is 0 Å². The van der Waals surface area contributed by atoms with Crippen molar-refractivity contribution in [2.24, 2.45) is 0 Å². The number of methoxy groups -OCH3 is 1. The van der Waals surface area contributed by atoms with Crippen molar-refractivity contribution in [3.63, 3.8) is 0 Å². The molecule has 3 heterocycles. The molecule has 0 spiro atoms. The van der Waals surface area contributed by atoms with Crippen molar-refractivity contribution in [3.05, 3.63) is 40.1 Å². The number of nitrogens with one attached hydrogen (secondary N) is 1. The number of hydrogen-bond acceptors (Lipinski definition) is 5. The Morgan fingerprint density at radius 2 is 2.38 bits per heavy atom. The van der Waals surface area contributed by atoms with Gasteiger partial charge >= 0.3 is 0 Å². The van der Waals surface area contributed by atoms with Crippen molar-refractivity contribution < 1.29 is 9.53 Å². The molecule has 0 fully saturated rings. The molecule has 1 atom stereocenters. The molecule has 0 radical (unpaired) electrons. The summed E-state index contributed by atoms with van der Waals surface area (Å²) in [4.78, 5) is 19.1. The van der Waals surface area contributed by atoms with Gasteiger partial charge in [0.2, 0.25) is 5.91 Å². The minimum absolute atomic E-state index is 0.00900. The van der Waals surface area contributed by atoms with Gasteiger partial charge in [-0.05, 0) is 29.3 Å². The first-order valence-electron chi connectivity index (χ1n) is 8.24. The number of nitrogens with zero attached hydrogens (tertiary/aromatic N) is 3. The molecule has 1 aliphatic rings. The lowest BCUT2D eigenvalue weighted by molar-refractivity contribution is -0.120. The number of ether oxygens (including phenoxy) is 1. The maximum Gasteiger partial charge on any atom is 0.226 e. The molecule has 1 N–H and O–H groups in total. The third-order valence-corrected chi connectivity index (χ3v) is 5.07. The van der Waals surface area contributed by atoms with E-state index in [4.69, 9.17) is 9.72 Å². The summed E-state index contributed by atoms with van der Waals surface area (Å²) in [6, 6.07) is 2.43. The molecule has 1 unspecified atom stereocenters. The molecule has 6 nitrogen and oxygen atoms in total. The second kappa shape index (κ2) is 7.92. The largest absolute Gasteiger partial charge is 0.383 e. The second-order valence-corrected chi connectivity index (χ2v) is 6.86. The molecule has 0 saturated heterocycles. The van der Waals surface area contributed by atoms with Crippen LogP contribution in [0.1, 0.15) is 30.0 Å². The lowest BCUT2D eigenvalue weighted by Gasteiger charge is -2.33. The van der Waals surface area contributed by atoms with Crippen molar-refractivity contribution in [1.82, 2.24) is 19.8 Å². The normalized spacial score (nSPS) is 17.7. The fraction of sp³-hybridized carbons (Fsp3) is 0.529. The van der Waals surface area contributed by atoms with E-state index in [2.05, 4.69) is 38.5 Å². The first-order valence-corrected chi connectivity index (χ1v) is 9.18. The SMILES string of the molecule is COCCNC(=O)Cc1cn2c(n1)C(C)N(Cc1ccsc1)CC2. The van der Waals surface area contributed by atoms with Gasteiger partial charge in [-0.2, -0.15) is 11.3 Å². The van der Waals surface area contributed by atoms with Gasteiger partial charge in [0.05, 0.1) is 24.8 Å². The molecule has 2 aromatic heterocycles. The molecule has 0 aliphatic carbocycles. The van der Waals surface area contributed by atoms with Gasteiger partial charge in [0.15, 0.2) is 0 Å². The zero-order valence-corrected chi connectivity index (χ0v) is 15.0. The van der Waals surface area contributed by atoms with Gasteiger partial charge in [0, 0.05) is 39.5 Å². The Morgan fingerprint density at radius 3 is 3.12 bits per heavy atom. The number of rotatable bonds is 7. The Kier molecular flexibility index (Phi) is 5.65. The minimum Gasteiger partial charge on any atom is -0.383 e. The van der Waals surface area contributed by atoms with Gasteiger partial charge in [-0.3, -0.25) is 9.69 Å². The summed E-state index contributed by atoms with van der Waals surface area (Å²) in [5.74, 6) is 1.04. The number of thiophene rings is 1. The average molecular weight is 348 g/mol. The Bertz CT molecular complexity index is 668. The number of carbonyl (C=O) groups is 1. The van der Waals surface area contributed by atoms with Crippen molar-refractivity contribution in [2.45, 2.75) is 32.5 Å². The first-order chi connectivity index (χ1) is 11.7. The predicted octanol–water partition coefficient (Wildman–Crippen LogP) is 1.83. The molecule has 0 saturated carbocycles. The summed E-state index contributed by atoms with van der Waals surface area (Å²) >= 11 is 1.73. The lowest BCUT2D eigenvalue weighted by Crippen LogP contribution is -2.36. The Morgan fingerprint density at radius 1 is 1.50 bits per heavy atom. The van der Waals surface area contributed by atoms with Crippen LogP contribution in [0.2, 0.25) is 0 Å². The van der Waals surface area contributed by atoms with Gasteiger partial charge in [-0.1, -0.05) is 0 Å². The molecule has 7 heteroatoms. The van der Waals surface area contributed by atoms with E-state index in [0.717, 1.165) is 31.2 Å². The van der Waals surface area contributed by atoms with Crippen LogP contribution in [-0.4, -0.2) is 47.2 Å². The number of imidazole rings is 1. The molecule has 130 valence electrons. The van der Waals surface area contributed by atoms with Crippen molar-refractivity contribution in [3.8, 4) is 0 Å². The fourth-order valence-electron chi connectivity index (χ4n) is 3.03. The highest BCUT2D eigenvalue weighted by atomic mass is 32.1. The maximum absolute atomic E-state index is 11.9. The number of carbonyl (C=O) groups excluding carboxylic acids is 1. The minimum atomic E-state index is -0.00900. The molecular weight excluding hydrogens is 324 g/mol. The van der Waals surface area contributed by atoms with Crippen LogP contribution in [-0.2, 0) is 29.0 Å². The molecule has 2 aromatic rings. The van der Waals surface area contributed by atoms with Gasteiger partial charge in [0.25, 0.3) is 0 Å². The number of fused-ring (bicyclic) bond motifs is 1. The first kappa shape index (κ1) is 17.1. The average Bonchev–Trinajstić information content (AvgIpc) is 3.20. The van der Waals surface area contributed by atoms with E-state index < -0.39 is 0 Å². The zero-order chi connectivity index (χ0) is 16.9. The molecule has 1 aliphatic heterocycles. The van der Waals surface area contributed by atoms with E-state index in [9.17, 15) is 4.79 Å². The Hall–Kier alpha value is -1.70. The van der Waals surface area contributed by atoms with E-state index in [1.54, 1.807) is 18.4 Å². The summed E-state index contributed by atoms with van der Waals surface area (Å²) < 4.78 is 7.13. The summed E-state index contributed by atoms with van der Waals surface area (Å²) in [5.41, 5.74) is 2.19. The highest BCUT2D eigenvalue weighted by Crippen LogP contribution is 2.26. The smallest absolute Gasteiger partial charge is 0.226 e. The Labute approximate surface area is 146 Å². The summed E-state index contributed by atoms with van der Waals surface area (Å²) in [5, 5.41) is 7.15. The zero-order valence-electron chi connectivity index (χ0n) is 14.2. The van der Waals surface area contributed by atoms with Gasteiger partial charge in [0.1, 0.15) is 5.82 Å². The van der Waals surface area contributed by atoms with Crippen LogP contribution in [0.15, 0.2) is 23.0 Å². The topological polar surface area (TPSA) is 59.4 Å². The van der Waals surface area contributed by atoms with Gasteiger partial charge in [-0.15, -0.1) is 0 Å². The third-order valence-electron chi connectivity index (χ3n) is 4.34. The lowest BCUT2D eigenvalue weighted by atomic mass is 10.2. The standard InChI is InChI=1S/C17H24N4O2S/c1-13-17-19-15(9-16(22)18-4-7-23-2)11-21(17)6-5-20(13)10-14-3-8-24-12-14/h3,8,11-13H,4-7,9-10H2,1-2H3,(H,18,22). The maximum atomic E-state index is 11.9. The molecule has 3 rings (SSSR count). The van der Waals surface area contributed by atoms with Gasteiger partial charge < -0.3 is 14.6 Å². The van der Waals surface area contributed by atoms with Crippen LogP contribution < -0.4 is 5.32 Å². The monoisotopic (exact) mass is 348 g/mol. The number of hydrogen-bond donors (Lipinski definition) is 1. The van der Waals surface area contributed by atoms with Crippen LogP contribution in [0, 0.1) is 0 Å². The van der Waals surface area contributed by atoms with E-state index in [-0.39, 0.29) is 11.9 Å². The Balaban J connectivity index is 1.62. The van der Waals surface area contributed by atoms with E-state index in [1.807, 2.05) is 6.20 Å². The van der Waals surface area contributed by atoms with Gasteiger partial charge in [-0.25, -0.2) is 4.98 Å². The second-order valence-electron chi connectivity index (χ2n) is 6.08. The van der Waals surface area contributed by atoms with Crippen molar-refractivity contribution >= 4 is 17.2 Å². The molecular formula is C17H24N4O2S. The quantitative estimate of drug-likeness (QED) is 0.776. The highest BCUT2D eigenvalue weighted by Gasteiger charge is 2.26. The van der Waals surface area contributed by atoms with Crippen LogP contribution in [0.3, 0.4) is 0 Å². The van der Waals surface area contributed by atoms with Crippen molar-refractivity contribution in [1.29, 1.82) is 0 Å². The van der Waals surface area contributed by atoms with E-state index >= 15 is 0 Å². The number of aromatic nitrogens is 2.